The summed E-state index contributed by atoms with van der Waals surface area (Å²) in [5.41, 5.74) is 0. The number of thiophene rings is 1. The molecule has 0 unspecified atom stereocenters. The number of aromatic nitrogens is 2. The minimum atomic E-state index is 0.589. The molecule has 0 N–H and O–H groups in total. The lowest BCUT2D eigenvalue weighted by Gasteiger charge is -2.34. The van der Waals surface area contributed by atoms with E-state index in [4.69, 9.17) is 16.6 Å². The number of fused-ring (bicyclic) bond motifs is 1. The predicted octanol–water partition coefficient (Wildman–Crippen LogP) is 3.44. The maximum atomic E-state index is 6.37. The zero-order valence-corrected chi connectivity index (χ0v) is 14.2. The van der Waals surface area contributed by atoms with E-state index < -0.39 is 0 Å². The van der Waals surface area contributed by atoms with Crippen LogP contribution in [0.3, 0.4) is 0 Å². The lowest BCUT2D eigenvalue weighted by atomic mass is 10.2. The first kappa shape index (κ1) is 15.0. The van der Waals surface area contributed by atoms with Crippen LogP contribution in [0.5, 0.6) is 0 Å². The predicted molar refractivity (Wildman–Crippen MR) is 90.7 cm³/mol. The van der Waals surface area contributed by atoms with Crippen LogP contribution in [0.2, 0.25) is 5.15 Å². The van der Waals surface area contributed by atoms with Gasteiger partial charge in [0.2, 0.25) is 5.95 Å². The molecule has 21 heavy (non-hydrogen) atoms. The van der Waals surface area contributed by atoms with Gasteiger partial charge in [0.1, 0.15) is 9.98 Å². The molecule has 3 heterocycles. The molecule has 0 atom stereocenters. The van der Waals surface area contributed by atoms with Crippen molar-refractivity contribution in [2.75, 3.05) is 37.6 Å². The van der Waals surface area contributed by atoms with E-state index in [1.165, 1.54) is 4.88 Å². The Morgan fingerprint density at radius 1 is 1.19 bits per heavy atom. The van der Waals surface area contributed by atoms with E-state index in [9.17, 15) is 0 Å². The minimum Gasteiger partial charge on any atom is -0.338 e. The molecule has 0 bridgehead atoms. The molecule has 0 spiro atoms. The monoisotopic (exact) mass is 324 g/mol. The van der Waals surface area contributed by atoms with Crippen LogP contribution in [-0.4, -0.2) is 47.6 Å². The average molecular weight is 325 g/mol. The highest BCUT2D eigenvalue weighted by molar-refractivity contribution is 7.18. The van der Waals surface area contributed by atoms with Crippen molar-refractivity contribution in [3.8, 4) is 0 Å². The van der Waals surface area contributed by atoms with Crippen molar-refractivity contribution in [1.29, 1.82) is 0 Å². The van der Waals surface area contributed by atoms with E-state index in [-0.39, 0.29) is 0 Å². The molecule has 0 radical (unpaired) electrons. The van der Waals surface area contributed by atoms with Crippen LogP contribution in [-0.2, 0) is 6.42 Å². The molecule has 3 rings (SSSR count). The first-order valence-electron chi connectivity index (χ1n) is 7.64. The molecular formula is C15H21ClN4S. The Kier molecular flexibility index (Phi) is 4.62. The fourth-order valence-electron chi connectivity index (χ4n) is 2.70. The van der Waals surface area contributed by atoms with Crippen LogP contribution in [0.25, 0.3) is 10.2 Å². The van der Waals surface area contributed by atoms with Gasteiger partial charge in [0, 0.05) is 36.4 Å². The van der Waals surface area contributed by atoms with Gasteiger partial charge in [0.05, 0.1) is 0 Å². The summed E-state index contributed by atoms with van der Waals surface area (Å²) >= 11 is 8.12. The quantitative estimate of drug-likeness (QED) is 0.806. The van der Waals surface area contributed by atoms with Crippen molar-refractivity contribution in [3.63, 3.8) is 0 Å². The van der Waals surface area contributed by atoms with Crippen LogP contribution in [0.1, 0.15) is 25.1 Å². The zero-order chi connectivity index (χ0) is 14.8. The third kappa shape index (κ3) is 3.15. The Balaban J connectivity index is 1.86. The summed E-state index contributed by atoms with van der Waals surface area (Å²) in [7, 11) is 0. The number of likely N-dealkylation sites (N-methyl/N-ethyl adjacent to an activating group) is 1. The Morgan fingerprint density at radius 2 is 1.95 bits per heavy atom. The van der Waals surface area contributed by atoms with Gasteiger partial charge in [0.25, 0.3) is 0 Å². The number of hydrogen-bond donors (Lipinski definition) is 0. The van der Waals surface area contributed by atoms with Gasteiger partial charge < -0.3 is 9.80 Å². The Bertz CT molecular complexity index is 619. The van der Waals surface area contributed by atoms with Gasteiger partial charge in [-0.1, -0.05) is 31.9 Å². The molecule has 0 amide bonds. The van der Waals surface area contributed by atoms with Crippen LogP contribution in [0.15, 0.2) is 6.07 Å². The SMILES string of the molecule is CCCc1cc2c(Cl)nc(N3CCN(CC)CC3)nc2s1. The van der Waals surface area contributed by atoms with E-state index in [2.05, 4.69) is 34.7 Å². The van der Waals surface area contributed by atoms with E-state index in [1.807, 2.05) is 0 Å². The Labute approximate surface area is 134 Å². The maximum Gasteiger partial charge on any atom is 0.228 e. The van der Waals surface area contributed by atoms with Crippen LogP contribution in [0.4, 0.5) is 5.95 Å². The molecule has 1 aliphatic heterocycles. The lowest BCUT2D eigenvalue weighted by Crippen LogP contribution is -2.46. The number of rotatable bonds is 4. The molecule has 2 aromatic rings. The van der Waals surface area contributed by atoms with E-state index in [0.29, 0.717) is 5.15 Å². The topological polar surface area (TPSA) is 32.3 Å². The molecule has 0 aliphatic carbocycles. The summed E-state index contributed by atoms with van der Waals surface area (Å²) in [6.45, 7) is 9.60. The summed E-state index contributed by atoms with van der Waals surface area (Å²) in [6, 6.07) is 2.14. The zero-order valence-electron chi connectivity index (χ0n) is 12.6. The number of halogens is 1. The van der Waals surface area contributed by atoms with Gasteiger partial charge in [-0.25, -0.2) is 9.97 Å². The normalized spacial score (nSPS) is 16.8. The fourth-order valence-corrected chi connectivity index (χ4v) is 4.10. The van der Waals surface area contributed by atoms with Crippen LogP contribution < -0.4 is 4.90 Å². The average Bonchev–Trinajstić information content (AvgIpc) is 2.91. The molecule has 1 aliphatic rings. The molecule has 0 aromatic carbocycles. The van der Waals surface area contributed by atoms with Crippen LogP contribution in [0, 0.1) is 0 Å². The summed E-state index contributed by atoms with van der Waals surface area (Å²) in [5, 5.41) is 1.59. The van der Waals surface area contributed by atoms with Gasteiger partial charge in [-0.15, -0.1) is 11.3 Å². The summed E-state index contributed by atoms with van der Waals surface area (Å²) in [5.74, 6) is 0.785. The number of anilines is 1. The molecule has 114 valence electrons. The molecule has 1 saturated heterocycles. The smallest absolute Gasteiger partial charge is 0.228 e. The Hall–Kier alpha value is -0.910. The summed E-state index contributed by atoms with van der Waals surface area (Å²) in [4.78, 5) is 16.3. The second kappa shape index (κ2) is 6.46. The van der Waals surface area contributed by atoms with E-state index >= 15 is 0 Å². The van der Waals surface area contributed by atoms with Crippen molar-refractivity contribution in [2.24, 2.45) is 0 Å². The first-order chi connectivity index (χ1) is 10.2. The summed E-state index contributed by atoms with van der Waals surface area (Å²) < 4.78 is 0. The number of piperazine rings is 1. The molecule has 4 nitrogen and oxygen atoms in total. The second-order valence-corrected chi connectivity index (χ2v) is 6.89. The molecule has 2 aromatic heterocycles. The van der Waals surface area contributed by atoms with Crippen molar-refractivity contribution >= 4 is 39.1 Å². The minimum absolute atomic E-state index is 0.589. The maximum absolute atomic E-state index is 6.37. The number of hydrogen-bond acceptors (Lipinski definition) is 5. The molecule has 0 saturated carbocycles. The van der Waals surface area contributed by atoms with Crippen molar-refractivity contribution in [3.05, 3.63) is 16.1 Å². The number of nitrogens with zero attached hydrogens (tertiary/aromatic N) is 4. The fraction of sp³-hybridized carbons (Fsp3) is 0.600. The molecular weight excluding hydrogens is 304 g/mol. The van der Waals surface area contributed by atoms with Gasteiger partial charge >= 0.3 is 0 Å². The second-order valence-electron chi connectivity index (χ2n) is 5.42. The largest absolute Gasteiger partial charge is 0.338 e. The third-order valence-corrected chi connectivity index (χ3v) is 5.36. The van der Waals surface area contributed by atoms with E-state index in [0.717, 1.165) is 61.7 Å². The lowest BCUT2D eigenvalue weighted by molar-refractivity contribution is 0.270. The standard InChI is InChI=1S/C15H21ClN4S/c1-3-5-11-10-12-13(16)17-15(18-14(12)21-11)20-8-6-19(4-2)7-9-20/h10H,3-9H2,1-2H3. The highest BCUT2D eigenvalue weighted by Gasteiger charge is 2.19. The molecule has 6 heteroatoms. The molecule has 1 fully saturated rings. The van der Waals surface area contributed by atoms with Crippen LogP contribution >= 0.6 is 22.9 Å². The first-order valence-corrected chi connectivity index (χ1v) is 8.84. The van der Waals surface area contributed by atoms with Gasteiger partial charge in [-0.3, -0.25) is 0 Å². The van der Waals surface area contributed by atoms with Crippen molar-refractivity contribution < 1.29 is 0 Å². The van der Waals surface area contributed by atoms with Crippen molar-refractivity contribution in [2.45, 2.75) is 26.7 Å². The van der Waals surface area contributed by atoms with Gasteiger partial charge in [0.15, 0.2) is 0 Å². The van der Waals surface area contributed by atoms with Gasteiger partial charge in [-0.2, -0.15) is 0 Å². The Morgan fingerprint density at radius 3 is 2.62 bits per heavy atom. The van der Waals surface area contributed by atoms with Crippen molar-refractivity contribution in [1.82, 2.24) is 14.9 Å². The number of aryl methyl sites for hydroxylation is 1. The van der Waals surface area contributed by atoms with E-state index in [1.54, 1.807) is 11.3 Å². The summed E-state index contributed by atoms with van der Waals surface area (Å²) in [6.07, 6.45) is 2.23. The van der Waals surface area contributed by atoms with Gasteiger partial charge in [-0.05, 0) is 19.0 Å². The third-order valence-electron chi connectivity index (χ3n) is 3.98. The highest BCUT2D eigenvalue weighted by atomic mass is 35.5. The highest BCUT2D eigenvalue weighted by Crippen LogP contribution is 2.31.